The lowest BCUT2D eigenvalue weighted by Gasteiger charge is -2.29. The molecule has 0 radical (unpaired) electrons. The molecule has 0 heterocycles. The van der Waals surface area contributed by atoms with Gasteiger partial charge in [-0.25, -0.2) is 4.39 Å². The molecular weight excluding hydrogens is 425 g/mol. The highest BCUT2D eigenvalue weighted by Gasteiger charge is 2.35. The van der Waals surface area contributed by atoms with Crippen molar-refractivity contribution in [1.82, 2.24) is 5.32 Å². The van der Waals surface area contributed by atoms with Crippen LogP contribution in [0.25, 0.3) is 11.1 Å². The van der Waals surface area contributed by atoms with Crippen LogP contribution in [0.4, 0.5) is 10.1 Å². The maximum atomic E-state index is 15.1. The number of halogens is 1. The molecule has 2 aromatic rings. The molecule has 1 aliphatic carbocycles. The van der Waals surface area contributed by atoms with Gasteiger partial charge < -0.3 is 10.2 Å². The molecule has 0 aromatic heterocycles. The lowest BCUT2D eigenvalue weighted by molar-refractivity contribution is -0.113. The molecule has 1 fully saturated rings. The van der Waals surface area contributed by atoms with Crippen molar-refractivity contribution in [2.45, 2.75) is 52.6 Å². The van der Waals surface area contributed by atoms with Gasteiger partial charge in [0.1, 0.15) is 5.82 Å². The summed E-state index contributed by atoms with van der Waals surface area (Å²) in [6.45, 7) is 6.99. The van der Waals surface area contributed by atoms with Gasteiger partial charge in [0.25, 0.3) is 0 Å². The van der Waals surface area contributed by atoms with E-state index in [0.717, 1.165) is 42.5 Å². The average Bonchev–Trinajstić information content (AvgIpc) is 3.63. The number of Topliss-reactive ketones (excluding diaryl/α,β-unsaturated/α-hetero) is 1. The number of nitrogens with one attached hydrogen (secondary N) is 1. The summed E-state index contributed by atoms with van der Waals surface area (Å²) >= 11 is 1.01. The quantitative estimate of drug-likeness (QED) is 0.276. The van der Waals surface area contributed by atoms with E-state index in [0.29, 0.717) is 41.1 Å². The van der Waals surface area contributed by atoms with E-state index in [9.17, 15) is 9.59 Å². The van der Waals surface area contributed by atoms with Gasteiger partial charge in [0.05, 0.1) is 10.7 Å². The average molecular weight is 456 g/mol. The molecule has 32 heavy (non-hydrogen) atoms. The summed E-state index contributed by atoms with van der Waals surface area (Å²) in [7, 11) is 0. The molecule has 0 bridgehead atoms. The van der Waals surface area contributed by atoms with Gasteiger partial charge in [-0.2, -0.15) is 0 Å². The molecule has 5 nitrogen and oxygen atoms in total. The van der Waals surface area contributed by atoms with Gasteiger partial charge in [-0.05, 0) is 74.0 Å². The summed E-state index contributed by atoms with van der Waals surface area (Å²) in [5.74, 6) is -0.516. The molecule has 0 aliphatic heterocycles. The predicted molar refractivity (Wildman–Crippen MR) is 130 cm³/mol. The van der Waals surface area contributed by atoms with E-state index >= 15 is 4.39 Å². The molecular formula is C25H30FN3O2S. The van der Waals surface area contributed by atoms with E-state index in [1.165, 1.54) is 13.0 Å². The summed E-state index contributed by atoms with van der Waals surface area (Å²) in [6, 6.07) is 10.8. The van der Waals surface area contributed by atoms with Crippen molar-refractivity contribution in [1.29, 1.82) is 0 Å². The zero-order valence-electron chi connectivity index (χ0n) is 18.8. The minimum absolute atomic E-state index is 0.0581. The number of carbonyl (C=O) groups is 2. The van der Waals surface area contributed by atoms with Crippen LogP contribution in [0.2, 0.25) is 0 Å². The van der Waals surface area contributed by atoms with Gasteiger partial charge in [0.2, 0.25) is 0 Å². The van der Waals surface area contributed by atoms with Crippen molar-refractivity contribution < 1.29 is 14.0 Å². The third-order valence-corrected chi connectivity index (χ3v) is 6.27. The first-order chi connectivity index (χ1) is 15.4. The van der Waals surface area contributed by atoms with Gasteiger partial charge >= 0.3 is 0 Å². The highest BCUT2D eigenvalue weighted by molar-refractivity contribution is 8.01. The Morgan fingerprint density at radius 1 is 1.28 bits per heavy atom. The Balaban J connectivity index is 2.17. The number of anilines is 1. The van der Waals surface area contributed by atoms with Gasteiger partial charge in [0, 0.05) is 29.3 Å². The summed E-state index contributed by atoms with van der Waals surface area (Å²) in [5.41, 5.74) is 3.63. The molecule has 3 N–H and O–H groups in total. The third-order valence-electron chi connectivity index (χ3n) is 5.60. The molecule has 0 saturated heterocycles. The Labute approximate surface area is 193 Å². The zero-order chi connectivity index (χ0) is 23.3. The van der Waals surface area contributed by atoms with Crippen LogP contribution in [0.5, 0.6) is 0 Å². The number of rotatable bonds is 11. The number of hydrogen-bond donors (Lipinski definition) is 2. The largest absolute Gasteiger partial charge is 0.331 e. The van der Waals surface area contributed by atoms with Crippen molar-refractivity contribution in [2.24, 2.45) is 5.14 Å². The summed E-state index contributed by atoms with van der Waals surface area (Å²) in [6.07, 6.45) is 3.02. The minimum Gasteiger partial charge on any atom is -0.331 e. The van der Waals surface area contributed by atoms with Crippen molar-refractivity contribution in [3.63, 3.8) is 0 Å². The number of ketones is 1. The predicted octanol–water partition coefficient (Wildman–Crippen LogP) is 5.20. The topological polar surface area (TPSA) is 75.4 Å². The maximum absolute atomic E-state index is 15.1. The van der Waals surface area contributed by atoms with Crippen molar-refractivity contribution in [2.75, 3.05) is 11.4 Å². The first-order valence-corrected chi connectivity index (χ1v) is 11.8. The number of nitrogens with two attached hydrogens (primary N) is 1. The van der Waals surface area contributed by atoms with Crippen LogP contribution < -0.4 is 15.4 Å². The Kier molecular flexibility index (Phi) is 8.23. The Bertz CT molecular complexity index is 1030. The Morgan fingerprint density at radius 2 is 2.03 bits per heavy atom. The van der Waals surface area contributed by atoms with Crippen LogP contribution in [0.15, 0.2) is 47.0 Å². The number of nitrogens with zero attached hydrogens (tertiary/aromatic N) is 1. The summed E-state index contributed by atoms with van der Waals surface area (Å²) in [4.78, 5) is 26.2. The van der Waals surface area contributed by atoms with Crippen molar-refractivity contribution >= 4 is 29.7 Å². The second-order valence-corrected chi connectivity index (χ2v) is 8.52. The Hall–Kier alpha value is -2.48. The van der Waals surface area contributed by atoms with Crippen LogP contribution >= 0.6 is 11.9 Å². The number of aldehydes is 1. The van der Waals surface area contributed by atoms with E-state index in [4.69, 9.17) is 5.14 Å². The fraction of sp³-hybridized carbons (Fsp3) is 0.360. The molecule has 1 saturated carbocycles. The number of carbonyl (C=O) groups excluding carboxylic acids is 2. The lowest BCUT2D eigenvalue weighted by Crippen LogP contribution is -2.28. The minimum atomic E-state index is -0.458. The highest BCUT2D eigenvalue weighted by atomic mass is 32.2. The first-order valence-electron chi connectivity index (χ1n) is 10.9. The van der Waals surface area contributed by atoms with E-state index in [-0.39, 0.29) is 17.4 Å². The Morgan fingerprint density at radius 3 is 2.59 bits per heavy atom. The number of hydrogen-bond acceptors (Lipinski definition) is 6. The molecule has 0 atom stereocenters. The fourth-order valence-corrected chi connectivity index (χ4v) is 4.64. The molecule has 1 aliphatic rings. The molecule has 0 spiro atoms. The van der Waals surface area contributed by atoms with E-state index in [2.05, 4.69) is 5.32 Å². The molecule has 170 valence electrons. The van der Waals surface area contributed by atoms with Crippen molar-refractivity contribution in [3.8, 4) is 11.1 Å². The zero-order valence-corrected chi connectivity index (χ0v) is 19.6. The van der Waals surface area contributed by atoms with Crippen LogP contribution in [0, 0.1) is 5.82 Å². The van der Waals surface area contributed by atoms with Crippen LogP contribution in [0.3, 0.4) is 0 Å². The molecule has 2 aromatic carbocycles. The number of benzene rings is 2. The van der Waals surface area contributed by atoms with Gasteiger partial charge in [-0.1, -0.05) is 32.0 Å². The smallest absolute Gasteiger partial charge is 0.158 e. The monoisotopic (exact) mass is 455 g/mol. The molecule has 3 rings (SSSR count). The number of allylic oxidation sites excluding steroid dienone is 1. The summed E-state index contributed by atoms with van der Waals surface area (Å²) < 4.78 is 15.1. The van der Waals surface area contributed by atoms with E-state index < -0.39 is 5.82 Å². The normalized spacial score (nSPS) is 14.2. The van der Waals surface area contributed by atoms with Gasteiger partial charge in [-0.3, -0.25) is 14.7 Å². The summed E-state index contributed by atoms with van der Waals surface area (Å²) in [5, 5.41) is 9.93. The third kappa shape index (κ3) is 5.28. The maximum Gasteiger partial charge on any atom is 0.158 e. The molecule has 0 amide bonds. The molecule has 7 heteroatoms. The fourth-order valence-electron chi connectivity index (χ4n) is 3.85. The second-order valence-electron chi connectivity index (χ2n) is 7.90. The highest BCUT2D eigenvalue weighted by Crippen LogP contribution is 2.42. The van der Waals surface area contributed by atoms with Gasteiger partial charge in [-0.15, -0.1) is 0 Å². The first kappa shape index (κ1) is 24.2. The van der Waals surface area contributed by atoms with Crippen molar-refractivity contribution in [3.05, 3.63) is 63.9 Å². The van der Waals surface area contributed by atoms with E-state index in [1.54, 1.807) is 6.07 Å². The second kappa shape index (κ2) is 10.9. The van der Waals surface area contributed by atoms with Crippen LogP contribution in [-0.4, -0.2) is 24.7 Å². The SMILES string of the molecule is CCNCc1cccc(-c2cc(N(/C(SN)=C(\CC)C(C)=O)C3CC3)c(C=O)cc2F)c1. The molecule has 0 unspecified atom stereocenters. The standard InChI is InChI=1S/C25H30FN3O2S/c1-4-21(16(3)31)25(32-27)29(20-9-10-20)24-13-22(23(26)12-19(24)15-30)18-8-6-7-17(11-18)14-28-5-2/h6-8,11-13,15,20,28H,4-5,9-10,14,27H2,1-3H3/b25-21-. The van der Waals surface area contributed by atoms with E-state index in [1.807, 2.05) is 43.0 Å². The van der Waals surface area contributed by atoms with Crippen LogP contribution in [0.1, 0.15) is 56.0 Å². The van der Waals surface area contributed by atoms with Gasteiger partial charge in [0.15, 0.2) is 12.1 Å². The lowest BCUT2D eigenvalue weighted by atomic mass is 9.99. The van der Waals surface area contributed by atoms with Crippen LogP contribution in [-0.2, 0) is 11.3 Å².